The highest BCUT2D eigenvalue weighted by Gasteiger charge is 2.45. The maximum absolute atomic E-state index is 13.3. The van der Waals surface area contributed by atoms with E-state index in [-0.39, 0.29) is 49.2 Å². The summed E-state index contributed by atoms with van der Waals surface area (Å²) in [7, 11) is 0. The number of piperazine rings is 1. The first-order valence-electron chi connectivity index (χ1n) is 6.44. The Morgan fingerprint density at radius 2 is 1.70 bits per heavy atom. The lowest BCUT2D eigenvalue weighted by Gasteiger charge is -2.36. The number of hydrogen-bond acceptors (Lipinski definition) is 3. The van der Waals surface area contributed by atoms with Crippen molar-refractivity contribution in [2.45, 2.75) is 18.8 Å². The maximum Gasteiger partial charge on any atom is 0.408 e. The Hall–Kier alpha value is -0.830. The van der Waals surface area contributed by atoms with Gasteiger partial charge >= 0.3 is 12.8 Å². The first-order chi connectivity index (χ1) is 9.88. The Morgan fingerprint density at radius 3 is 2.22 bits per heavy atom. The molecule has 0 amide bonds. The molecule has 3 nitrogen and oxygen atoms in total. The zero-order valence-corrected chi connectivity index (χ0v) is 13.5. The fourth-order valence-electron chi connectivity index (χ4n) is 2.41. The minimum Gasteiger partial charge on any atom is -0.435 e. The molecule has 1 N–H and O–H groups in total. The molecule has 134 valence electrons. The second-order valence-electron chi connectivity index (χ2n) is 4.68. The van der Waals surface area contributed by atoms with Gasteiger partial charge in [-0.15, -0.1) is 24.8 Å². The first kappa shape index (κ1) is 22.2. The van der Waals surface area contributed by atoms with Gasteiger partial charge in [0.1, 0.15) is 11.8 Å². The Morgan fingerprint density at radius 1 is 1.09 bits per heavy atom. The van der Waals surface area contributed by atoms with Crippen LogP contribution in [-0.4, -0.2) is 43.9 Å². The van der Waals surface area contributed by atoms with E-state index < -0.39 is 18.8 Å². The molecule has 1 heterocycles. The molecule has 0 unspecified atom stereocenters. The van der Waals surface area contributed by atoms with Crippen LogP contribution >= 0.6 is 24.8 Å². The molecule has 1 aliphatic rings. The number of ether oxygens (including phenoxy) is 1. The fourth-order valence-corrected chi connectivity index (χ4v) is 2.41. The molecule has 0 radical (unpaired) electrons. The minimum absolute atomic E-state index is 0. The molecule has 23 heavy (non-hydrogen) atoms. The van der Waals surface area contributed by atoms with Gasteiger partial charge < -0.3 is 10.1 Å². The lowest BCUT2D eigenvalue weighted by molar-refractivity contribution is -0.187. The van der Waals surface area contributed by atoms with Gasteiger partial charge in [-0.05, 0) is 17.7 Å². The van der Waals surface area contributed by atoms with Crippen molar-refractivity contribution in [3.8, 4) is 5.75 Å². The van der Waals surface area contributed by atoms with Crippen molar-refractivity contribution in [2.24, 2.45) is 0 Å². The molecule has 2 rings (SSSR count). The van der Waals surface area contributed by atoms with Crippen LogP contribution in [0.4, 0.5) is 22.0 Å². The van der Waals surface area contributed by atoms with E-state index in [0.29, 0.717) is 13.1 Å². The number of alkyl halides is 5. The molecule has 10 heteroatoms. The highest BCUT2D eigenvalue weighted by Crippen LogP contribution is 2.38. The summed E-state index contributed by atoms with van der Waals surface area (Å²) < 4.78 is 68.5. The van der Waals surface area contributed by atoms with Crippen LogP contribution in [0.1, 0.15) is 11.6 Å². The zero-order valence-electron chi connectivity index (χ0n) is 11.9. The van der Waals surface area contributed by atoms with Crippen molar-refractivity contribution in [1.82, 2.24) is 10.2 Å². The summed E-state index contributed by atoms with van der Waals surface area (Å²) in [6, 6.07) is 2.97. The van der Waals surface area contributed by atoms with Crippen molar-refractivity contribution >= 4 is 24.8 Å². The van der Waals surface area contributed by atoms with Crippen molar-refractivity contribution in [3.63, 3.8) is 0 Å². The SMILES string of the molecule is Cl.Cl.FC(F)Oc1cccc([C@@H](N2CCNCC2)C(F)(F)F)c1. The van der Waals surface area contributed by atoms with Gasteiger partial charge in [0.15, 0.2) is 0 Å². The molecule has 0 bridgehead atoms. The van der Waals surface area contributed by atoms with Gasteiger partial charge in [0.2, 0.25) is 0 Å². The highest BCUT2D eigenvalue weighted by molar-refractivity contribution is 5.85. The third-order valence-corrected chi connectivity index (χ3v) is 3.23. The van der Waals surface area contributed by atoms with Gasteiger partial charge in [-0.3, -0.25) is 4.90 Å². The van der Waals surface area contributed by atoms with Gasteiger partial charge in [-0.25, -0.2) is 0 Å². The van der Waals surface area contributed by atoms with Crippen LogP contribution in [0.25, 0.3) is 0 Å². The summed E-state index contributed by atoms with van der Waals surface area (Å²) in [6.45, 7) is -1.67. The first-order valence-corrected chi connectivity index (χ1v) is 6.44. The van der Waals surface area contributed by atoms with E-state index in [4.69, 9.17) is 0 Å². The van der Waals surface area contributed by atoms with Crippen LogP contribution < -0.4 is 10.1 Å². The summed E-state index contributed by atoms with van der Waals surface area (Å²) in [4.78, 5) is 1.29. The predicted molar refractivity (Wildman–Crippen MR) is 80.8 cm³/mol. The smallest absolute Gasteiger partial charge is 0.408 e. The van der Waals surface area contributed by atoms with Gasteiger partial charge in [0.05, 0.1) is 0 Å². The van der Waals surface area contributed by atoms with Crippen molar-refractivity contribution in [2.75, 3.05) is 26.2 Å². The second kappa shape index (κ2) is 9.46. The molecule has 0 saturated carbocycles. The molecule has 1 aliphatic heterocycles. The van der Waals surface area contributed by atoms with Crippen molar-refractivity contribution < 1.29 is 26.7 Å². The largest absolute Gasteiger partial charge is 0.435 e. The maximum atomic E-state index is 13.3. The molecule has 0 spiro atoms. The number of halogens is 7. The lowest BCUT2D eigenvalue weighted by atomic mass is 10.0. The van der Waals surface area contributed by atoms with Gasteiger partial charge in [0, 0.05) is 26.2 Å². The van der Waals surface area contributed by atoms with Crippen LogP contribution in [-0.2, 0) is 0 Å². The standard InChI is InChI=1S/C13H15F5N2O.2ClH/c14-12(15)21-10-3-1-2-9(8-10)11(13(16,17)18)20-6-4-19-5-7-20;;/h1-3,8,11-12,19H,4-7H2;2*1H/t11-;;/m1../s1. The molecule has 0 aromatic heterocycles. The molecular weight excluding hydrogens is 366 g/mol. The molecule has 1 aromatic rings. The average Bonchev–Trinajstić information content (AvgIpc) is 2.38. The van der Waals surface area contributed by atoms with E-state index >= 15 is 0 Å². The monoisotopic (exact) mass is 382 g/mol. The van der Waals surface area contributed by atoms with Crippen LogP contribution in [0.2, 0.25) is 0 Å². The zero-order chi connectivity index (χ0) is 15.5. The molecule has 0 aliphatic carbocycles. The van der Waals surface area contributed by atoms with E-state index in [2.05, 4.69) is 10.1 Å². The normalized spacial score (nSPS) is 17.1. The quantitative estimate of drug-likeness (QED) is 0.804. The van der Waals surface area contributed by atoms with Crippen LogP contribution in [0.5, 0.6) is 5.75 Å². The summed E-state index contributed by atoms with van der Waals surface area (Å²) >= 11 is 0. The Bertz CT molecular complexity index is 470. The Labute approximate surface area is 143 Å². The third kappa shape index (κ3) is 6.29. The molecule has 1 fully saturated rings. The van der Waals surface area contributed by atoms with Gasteiger partial charge in [-0.1, -0.05) is 12.1 Å². The molecular formula is C13H17Cl2F5N2O. The topological polar surface area (TPSA) is 24.5 Å². The number of rotatable bonds is 4. The number of benzene rings is 1. The summed E-state index contributed by atoms with van der Waals surface area (Å²) in [5.41, 5.74) is -0.0949. The van der Waals surface area contributed by atoms with Crippen LogP contribution in [0, 0.1) is 0 Å². The van der Waals surface area contributed by atoms with E-state index in [9.17, 15) is 22.0 Å². The van der Waals surface area contributed by atoms with Crippen LogP contribution in [0.15, 0.2) is 24.3 Å². The second-order valence-corrected chi connectivity index (χ2v) is 4.68. The van der Waals surface area contributed by atoms with E-state index in [0.717, 1.165) is 6.07 Å². The molecule has 1 aromatic carbocycles. The lowest BCUT2D eigenvalue weighted by Crippen LogP contribution is -2.49. The predicted octanol–water partition coefficient (Wildman–Crippen LogP) is 3.64. The van der Waals surface area contributed by atoms with Crippen molar-refractivity contribution in [1.29, 1.82) is 0 Å². The number of nitrogens with one attached hydrogen (secondary N) is 1. The summed E-state index contributed by atoms with van der Waals surface area (Å²) in [5.74, 6) is -0.271. The summed E-state index contributed by atoms with van der Waals surface area (Å²) in [5, 5.41) is 2.98. The molecule has 1 atom stereocenters. The van der Waals surface area contributed by atoms with Crippen LogP contribution in [0.3, 0.4) is 0 Å². The Balaban J connectivity index is 0.00000242. The average molecular weight is 383 g/mol. The number of nitrogens with zero attached hydrogens (tertiary/aromatic N) is 1. The van der Waals surface area contributed by atoms with Gasteiger partial charge in [0.25, 0.3) is 0 Å². The minimum atomic E-state index is -4.49. The summed E-state index contributed by atoms with van der Waals surface area (Å²) in [6.07, 6.45) is -4.49. The third-order valence-electron chi connectivity index (χ3n) is 3.23. The Kier molecular flexibility index (Phi) is 9.12. The number of hydrogen-bond donors (Lipinski definition) is 1. The van der Waals surface area contributed by atoms with E-state index in [1.807, 2.05) is 0 Å². The molecule has 1 saturated heterocycles. The highest BCUT2D eigenvalue weighted by atomic mass is 35.5. The van der Waals surface area contributed by atoms with E-state index in [1.54, 1.807) is 0 Å². The van der Waals surface area contributed by atoms with Crippen molar-refractivity contribution in [3.05, 3.63) is 29.8 Å². The fraction of sp³-hybridized carbons (Fsp3) is 0.538. The van der Waals surface area contributed by atoms with Gasteiger partial charge in [-0.2, -0.15) is 22.0 Å². The van der Waals surface area contributed by atoms with E-state index in [1.165, 1.54) is 23.1 Å².